The summed E-state index contributed by atoms with van der Waals surface area (Å²) >= 11 is 5.37. The molecule has 9 heavy (non-hydrogen) atoms. The Bertz CT molecular complexity index is 114. The van der Waals surface area contributed by atoms with Gasteiger partial charge in [-0.3, -0.25) is 4.99 Å². The second-order valence-electron chi connectivity index (χ2n) is 1.30. The molecule has 0 aliphatic heterocycles. The second-order valence-corrected chi connectivity index (χ2v) is 1.64. The van der Waals surface area contributed by atoms with Gasteiger partial charge in [0.1, 0.15) is 0 Å². The Morgan fingerprint density at radius 3 is 2.89 bits per heavy atom. The van der Waals surface area contributed by atoms with Gasteiger partial charge >= 0.3 is 0 Å². The highest BCUT2D eigenvalue weighted by atomic mass is 35.5. The van der Waals surface area contributed by atoms with E-state index in [0.29, 0.717) is 13.2 Å². The molecule has 0 aromatic carbocycles. The molecular weight excluding hydrogens is 140 g/mol. The van der Waals surface area contributed by atoms with Crippen LogP contribution in [0.1, 0.15) is 0 Å². The van der Waals surface area contributed by atoms with Crippen molar-refractivity contribution in [3.8, 4) is 0 Å². The highest BCUT2D eigenvalue weighted by Gasteiger charge is 1.83. The lowest BCUT2D eigenvalue weighted by Gasteiger charge is -1.90. The van der Waals surface area contributed by atoms with Gasteiger partial charge in [0.2, 0.25) is 5.29 Å². The Morgan fingerprint density at radius 2 is 2.44 bits per heavy atom. The zero-order valence-electron chi connectivity index (χ0n) is 5.30. The minimum Gasteiger partial charge on any atom is -0.383 e. The summed E-state index contributed by atoms with van der Waals surface area (Å²) in [5.41, 5.74) is 0. The highest BCUT2D eigenvalue weighted by Crippen LogP contribution is 1.85. The van der Waals surface area contributed by atoms with Crippen molar-refractivity contribution in [2.24, 2.45) is 9.98 Å². The van der Waals surface area contributed by atoms with E-state index in [9.17, 15) is 0 Å². The van der Waals surface area contributed by atoms with Gasteiger partial charge in [-0.2, -0.15) is 0 Å². The standard InChI is InChI=1S/C5H9ClN2O/c1-7-5(6)8-3-4-9-2/h1,3-4H2,2H3. The molecule has 0 N–H and O–H groups in total. The molecule has 0 aromatic heterocycles. The van der Waals surface area contributed by atoms with Crippen molar-refractivity contribution in [1.82, 2.24) is 0 Å². The van der Waals surface area contributed by atoms with Crippen molar-refractivity contribution in [3.63, 3.8) is 0 Å². The molecule has 0 bridgehead atoms. The van der Waals surface area contributed by atoms with Gasteiger partial charge in [-0.25, -0.2) is 4.99 Å². The van der Waals surface area contributed by atoms with Crippen molar-refractivity contribution in [2.45, 2.75) is 0 Å². The molecule has 0 atom stereocenters. The molecule has 0 fully saturated rings. The lowest BCUT2D eigenvalue weighted by Crippen LogP contribution is -1.94. The monoisotopic (exact) mass is 148 g/mol. The van der Waals surface area contributed by atoms with E-state index in [4.69, 9.17) is 16.3 Å². The SMILES string of the molecule is C=NC(Cl)=NCCOC. The van der Waals surface area contributed by atoms with Crippen LogP contribution in [-0.4, -0.2) is 32.3 Å². The Balaban J connectivity index is 3.31. The van der Waals surface area contributed by atoms with Gasteiger partial charge in [0.25, 0.3) is 0 Å². The smallest absolute Gasteiger partial charge is 0.217 e. The average Bonchev–Trinajstić information content (AvgIpc) is 1.89. The fourth-order valence-electron chi connectivity index (χ4n) is 0.279. The number of aliphatic imine (C=N–C) groups is 2. The van der Waals surface area contributed by atoms with Gasteiger partial charge in [-0.15, -0.1) is 0 Å². The normalized spacial score (nSPS) is 11.6. The largest absolute Gasteiger partial charge is 0.383 e. The molecule has 0 aliphatic rings. The van der Waals surface area contributed by atoms with E-state index < -0.39 is 0 Å². The highest BCUT2D eigenvalue weighted by molar-refractivity contribution is 6.65. The molecule has 0 unspecified atom stereocenters. The molecule has 0 saturated carbocycles. The minimum absolute atomic E-state index is 0.187. The van der Waals surface area contributed by atoms with Crippen LogP contribution in [0.2, 0.25) is 0 Å². The maximum Gasteiger partial charge on any atom is 0.217 e. The summed E-state index contributed by atoms with van der Waals surface area (Å²) in [5.74, 6) is 0. The third-order valence-electron chi connectivity index (χ3n) is 0.668. The maximum atomic E-state index is 5.37. The third kappa shape index (κ3) is 5.46. The van der Waals surface area contributed by atoms with Gasteiger partial charge in [-0.1, -0.05) is 0 Å². The van der Waals surface area contributed by atoms with Crippen molar-refractivity contribution in [2.75, 3.05) is 20.3 Å². The van der Waals surface area contributed by atoms with E-state index in [1.165, 1.54) is 0 Å². The fraction of sp³-hybridized carbons (Fsp3) is 0.600. The Hall–Kier alpha value is -0.410. The molecule has 52 valence electrons. The summed E-state index contributed by atoms with van der Waals surface area (Å²) in [7, 11) is 1.60. The van der Waals surface area contributed by atoms with Gasteiger partial charge in [-0.05, 0) is 18.3 Å². The maximum absolute atomic E-state index is 5.37. The van der Waals surface area contributed by atoms with Crippen LogP contribution in [0.25, 0.3) is 0 Å². The molecule has 4 heteroatoms. The van der Waals surface area contributed by atoms with Crippen LogP contribution >= 0.6 is 11.6 Å². The first-order valence-corrected chi connectivity index (χ1v) is 2.84. The molecular formula is C5H9ClN2O. The summed E-state index contributed by atoms with van der Waals surface area (Å²) in [6.07, 6.45) is 0. The Morgan fingerprint density at radius 1 is 1.78 bits per heavy atom. The first-order chi connectivity index (χ1) is 4.31. The summed E-state index contributed by atoms with van der Waals surface area (Å²) in [5, 5.41) is 0.187. The molecule has 0 spiro atoms. The molecule has 0 heterocycles. The van der Waals surface area contributed by atoms with Crippen molar-refractivity contribution >= 4 is 23.6 Å². The third-order valence-corrected chi connectivity index (χ3v) is 0.907. The lowest BCUT2D eigenvalue weighted by atomic mass is 10.7. The molecule has 0 radical (unpaired) electrons. The summed E-state index contributed by atoms with van der Waals surface area (Å²) in [6.45, 7) is 4.28. The summed E-state index contributed by atoms with van der Waals surface area (Å²) in [6, 6.07) is 0. The minimum atomic E-state index is 0.187. The van der Waals surface area contributed by atoms with Gasteiger partial charge in [0.05, 0.1) is 13.2 Å². The van der Waals surface area contributed by atoms with E-state index in [1.54, 1.807) is 7.11 Å². The van der Waals surface area contributed by atoms with Crippen LogP contribution in [0.5, 0.6) is 0 Å². The first-order valence-electron chi connectivity index (χ1n) is 2.47. The first kappa shape index (κ1) is 8.59. The van der Waals surface area contributed by atoms with Crippen molar-refractivity contribution < 1.29 is 4.74 Å². The Labute approximate surface area is 59.4 Å². The van der Waals surface area contributed by atoms with Crippen molar-refractivity contribution in [3.05, 3.63) is 0 Å². The van der Waals surface area contributed by atoms with Gasteiger partial charge in [0, 0.05) is 7.11 Å². The number of rotatable bonds is 3. The van der Waals surface area contributed by atoms with Gasteiger partial charge < -0.3 is 4.74 Å². The summed E-state index contributed by atoms with van der Waals surface area (Å²) < 4.78 is 4.71. The fourth-order valence-corrected chi connectivity index (χ4v) is 0.364. The molecule has 0 amide bonds. The van der Waals surface area contributed by atoms with E-state index in [0.717, 1.165) is 0 Å². The number of halogens is 1. The van der Waals surface area contributed by atoms with Crippen LogP contribution in [0, 0.1) is 0 Å². The number of hydrogen-bond donors (Lipinski definition) is 0. The molecule has 0 rings (SSSR count). The Kier molecular flexibility index (Phi) is 5.46. The van der Waals surface area contributed by atoms with E-state index >= 15 is 0 Å². The number of ether oxygens (including phenoxy) is 1. The van der Waals surface area contributed by atoms with Crippen LogP contribution in [0.3, 0.4) is 0 Å². The topological polar surface area (TPSA) is 34.0 Å². The van der Waals surface area contributed by atoms with Crippen molar-refractivity contribution in [1.29, 1.82) is 0 Å². The lowest BCUT2D eigenvalue weighted by molar-refractivity contribution is 0.208. The van der Waals surface area contributed by atoms with E-state index in [-0.39, 0.29) is 5.29 Å². The summed E-state index contributed by atoms with van der Waals surface area (Å²) in [4.78, 5) is 7.13. The van der Waals surface area contributed by atoms with Crippen LogP contribution in [0.15, 0.2) is 9.98 Å². The van der Waals surface area contributed by atoms with Gasteiger partial charge in [0.15, 0.2) is 0 Å². The number of methoxy groups -OCH3 is 1. The quantitative estimate of drug-likeness (QED) is 0.254. The predicted octanol–water partition coefficient (Wildman–Crippen LogP) is 0.928. The molecule has 0 aliphatic carbocycles. The number of amidine groups is 1. The molecule has 3 nitrogen and oxygen atoms in total. The number of hydrogen-bond acceptors (Lipinski definition) is 2. The van der Waals surface area contributed by atoms with E-state index in [1.807, 2.05) is 0 Å². The average molecular weight is 149 g/mol. The number of nitrogens with zero attached hydrogens (tertiary/aromatic N) is 2. The van der Waals surface area contributed by atoms with Crippen LogP contribution in [0.4, 0.5) is 0 Å². The van der Waals surface area contributed by atoms with E-state index in [2.05, 4.69) is 16.7 Å². The predicted molar refractivity (Wildman–Crippen MR) is 39.6 cm³/mol. The molecule has 0 saturated heterocycles. The zero-order chi connectivity index (χ0) is 7.11. The molecule has 0 aromatic rings. The van der Waals surface area contributed by atoms with Crippen LogP contribution in [-0.2, 0) is 4.74 Å². The van der Waals surface area contributed by atoms with Crippen LogP contribution < -0.4 is 0 Å². The zero-order valence-corrected chi connectivity index (χ0v) is 6.06. The second kappa shape index (κ2) is 5.72.